The van der Waals surface area contributed by atoms with E-state index in [1.54, 1.807) is 0 Å². The van der Waals surface area contributed by atoms with Gasteiger partial charge < -0.3 is 0 Å². The van der Waals surface area contributed by atoms with Crippen molar-refractivity contribution < 1.29 is 0 Å². The van der Waals surface area contributed by atoms with Gasteiger partial charge in [-0.3, -0.25) is 0 Å². The average Bonchev–Trinajstić information content (AvgIpc) is 2.24. The lowest BCUT2D eigenvalue weighted by Gasteiger charge is -2.37. The lowest BCUT2D eigenvalue weighted by molar-refractivity contribution is 0.429. The van der Waals surface area contributed by atoms with Crippen molar-refractivity contribution in [2.45, 2.75) is 47.6 Å². The van der Waals surface area contributed by atoms with Crippen LogP contribution < -0.4 is 0 Å². The molecule has 1 aliphatic rings. The molecule has 2 rings (SSSR count). The summed E-state index contributed by atoms with van der Waals surface area (Å²) in [6, 6.07) is 10.6. The van der Waals surface area contributed by atoms with Crippen LogP contribution in [0.5, 0.6) is 0 Å². The lowest BCUT2D eigenvalue weighted by Crippen LogP contribution is -2.35. The van der Waals surface area contributed by atoms with Crippen LogP contribution in [-0.2, 0) is 0 Å². The van der Waals surface area contributed by atoms with E-state index < -0.39 is 0 Å². The van der Waals surface area contributed by atoms with Crippen LogP contribution in [-0.4, -0.2) is 10.1 Å². The highest BCUT2D eigenvalue weighted by atomic mass is 35.5. The number of halogens is 1. The zero-order valence-electron chi connectivity index (χ0n) is 9.08. The van der Waals surface area contributed by atoms with Gasteiger partial charge >= 0.3 is 0 Å². The van der Waals surface area contributed by atoms with E-state index in [0.29, 0.717) is 5.38 Å². The maximum absolute atomic E-state index is 6.45. The molecule has 1 fully saturated rings. The highest BCUT2D eigenvalue weighted by Gasteiger charge is 2.36. The normalized spacial score (nSPS) is 31.5. The summed E-state index contributed by atoms with van der Waals surface area (Å²) >= 11 is 8.40. The van der Waals surface area contributed by atoms with Crippen molar-refractivity contribution >= 4 is 23.4 Å². The third-order valence-electron chi connectivity index (χ3n) is 3.14. The summed E-state index contributed by atoms with van der Waals surface area (Å²) in [6.07, 6.45) is 5.01. The summed E-state index contributed by atoms with van der Waals surface area (Å²) in [4.78, 5) is 1.34. The number of alkyl halides is 1. The number of thioether (sulfide) groups is 1. The predicted molar refractivity (Wildman–Crippen MR) is 68.8 cm³/mol. The highest BCUT2D eigenvalue weighted by Crippen LogP contribution is 2.45. The number of rotatable bonds is 2. The molecular weight excluding hydrogens is 224 g/mol. The van der Waals surface area contributed by atoms with Crippen molar-refractivity contribution in [3.63, 3.8) is 0 Å². The Morgan fingerprint density at radius 2 is 2.00 bits per heavy atom. The van der Waals surface area contributed by atoms with Gasteiger partial charge in [-0.2, -0.15) is 0 Å². The molecule has 0 aromatic heterocycles. The quantitative estimate of drug-likeness (QED) is 0.675. The molecule has 0 aliphatic heterocycles. The van der Waals surface area contributed by atoms with Gasteiger partial charge in [-0.15, -0.1) is 23.4 Å². The second-order valence-corrected chi connectivity index (χ2v) is 6.58. The molecule has 2 heteroatoms. The van der Waals surface area contributed by atoms with Crippen molar-refractivity contribution in [1.82, 2.24) is 0 Å². The molecule has 0 nitrogen and oxygen atoms in total. The van der Waals surface area contributed by atoms with Crippen molar-refractivity contribution in [3.05, 3.63) is 30.3 Å². The molecule has 0 spiro atoms. The fourth-order valence-electron chi connectivity index (χ4n) is 2.13. The zero-order valence-corrected chi connectivity index (χ0v) is 10.7. The van der Waals surface area contributed by atoms with Crippen molar-refractivity contribution in [1.29, 1.82) is 0 Å². The Hall–Kier alpha value is -0.140. The van der Waals surface area contributed by atoms with E-state index in [2.05, 4.69) is 37.3 Å². The first-order chi connectivity index (χ1) is 7.21. The largest absolute Gasteiger partial charge is 0.121 e. The Bertz CT molecular complexity index is 312. The zero-order chi connectivity index (χ0) is 10.7. The van der Waals surface area contributed by atoms with Gasteiger partial charge in [-0.1, -0.05) is 31.0 Å². The Morgan fingerprint density at radius 1 is 1.27 bits per heavy atom. The molecule has 0 radical (unpaired) electrons. The highest BCUT2D eigenvalue weighted by molar-refractivity contribution is 8.00. The minimum absolute atomic E-state index is 0.223. The van der Waals surface area contributed by atoms with Gasteiger partial charge in [0.1, 0.15) is 0 Å². The fraction of sp³-hybridized carbons (Fsp3) is 0.538. The Labute approximate surface area is 101 Å². The van der Waals surface area contributed by atoms with E-state index >= 15 is 0 Å². The van der Waals surface area contributed by atoms with Crippen LogP contribution in [0.15, 0.2) is 35.2 Å². The molecule has 1 saturated carbocycles. The van der Waals surface area contributed by atoms with Gasteiger partial charge in [-0.25, -0.2) is 0 Å². The second kappa shape index (κ2) is 4.80. The Morgan fingerprint density at radius 3 is 2.67 bits per heavy atom. The first-order valence-electron chi connectivity index (χ1n) is 5.59. The van der Waals surface area contributed by atoms with Crippen molar-refractivity contribution in [2.75, 3.05) is 0 Å². The summed E-state index contributed by atoms with van der Waals surface area (Å²) in [6.45, 7) is 2.31. The molecule has 2 atom stereocenters. The van der Waals surface area contributed by atoms with Gasteiger partial charge in [0.2, 0.25) is 0 Å². The Kier molecular flexibility index (Phi) is 3.63. The first-order valence-corrected chi connectivity index (χ1v) is 6.84. The second-order valence-electron chi connectivity index (χ2n) is 4.44. The third kappa shape index (κ3) is 2.70. The van der Waals surface area contributed by atoms with Gasteiger partial charge in [0.15, 0.2) is 0 Å². The molecule has 0 bridgehead atoms. The smallest absolute Gasteiger partial charge is 0.0483 e. The molecule has 0 N–H and O–H groups in total. The maximum Gasteiger partial charge on any atom is 0.0483 e. The summed E-state index contributed by atoms with van der Waals surface area (Å²) < 4.78 is 0.223. The van der Waals surface area contributed by atoms with Crippen LogP contribution in [0, 0.1) is 0 Å². The van der Waals surface area contributed by atoms with Crippen LogP contribution in [0.2, 0.25) is 0 Å². The Balaban J connectivity index is 2.09. The first kappa shape index (κ1) is 11.3. The van der Waals surface area contributed by atoms with E-state index in [1.165, 1.54) is 24.2 Å². The molecule has 1 aliphatic carbocycles. The monoisotopic (exact) mass is 240 g/mol. The molecule has 82 valence electrons. The van der Waals surface area contributed by atoms with Gasteiger partial charge in [0.25, 0.3) is 0 Å². The summed E-state index contributed by atoms with van der Waals surface area (Å²) in [5.41, 5.74) is 0. The van der Waals surface area contributed by atoms with E-state index in [0.717, 1.165) is 6.42 Å². The summed E-state index contributed by atoms with van der Waals surface area (Å²) in [5, 5.41) is 0.316. The van der Waals surface area contributed by atoms with Crippen LogP contribution in [0.1, 0.15) is 32.6 Å². The van der Waals surface area contributed by atoms with Crippen LogP contribution in [0.25, 0.3) is 0 Å². The average molecular weight is 241 g/mol. The van der Waals surface area contributed by atoms with E-state index in [1.807, 2.05) is 11.8 Å². The maximum atomic E-state index is 6.45. The van der Waals surface area contributed by atoms with Gasteiger partial charge in [-0.05, 0) is 31.9 Å². The van der Waals surface area contributed by atoms with Gasteiger partial charge in [0, 0.05) is 15.0 Å². The molecule has 0 amide bonds. The van der Waals surface area contributed by atoms with Crippen molar-refractivity contribution in [3.8, 4) is 0 Å². The molecular formula is C13H17ClS. The third-order valence-corrected chi connectivity index (χ3v) is 5.43. The molecule has 1 aromatic rings. The molecule has 0 unspecified atom stereocenters. The lowest BCUT2D eigenvalue weighted by atomic mass is 9.89. The van der Waals surface area contributed by atoms with Crippen molar-refractivity contribution in [2.24, 2.45) is 0 Å². The van der Waals surface area contributed by atoms with E-state index in [9.17, 15) is 0 Å². The van der Waals surface area contributed by atoms with Crippen LogP contribution in [0.3, 0.4) is 0 Å². The number of hydrogen-bond acceptors (Lipinski definition) is 1. The van der Waals surface area contributed by atoms with Gasteiger partial charge in [0.05, 0.1) is 0 Å². The standard InChI is InChI=1S/C13H17ClS/c1-13(10-6-5-9-12(13)14)15-11-7-3-2-4-8-11/h2-4,7-8,12H,5-6,9-10H2,1H3/t12-,13-/m0/s1. The molecule has 0 saturated heterocycles. The van der Waals surface area contributed by atoms with E-state index in [-0.39, 0.29) is 4.75 Å². The SMILES string of the molecule is C[C@]1(Sc2ccccc2)CCCC[C@@H]1Cl. The van der Waals surface area contributed by atoms with E-state index in [4.69, 9.17) is 11.6 Å². The summed E-state index contributed by atoms with van der Waals surface area (Å²) in [5.74, 6) is 0. The number of hydrogen-bond donors (Lipinski definition) is 0. The fourth-order valence-corrected chi connectivity index (χ4v) is 3.86. The van der Waals surface area contributed by atoms with Crippen LogP contribution in [0.4, 0.5) is 0 Å². The predicted octanol–water partition coefficient (Wildman–Crippen LogP) is 4.72. The molecule has 15 heavy (non-hydrogen) atoms. The molecule has 0 heterocycles. The summed E-state index contributed by atoms with van der Waals surface area (Å²) in [7, 11) is 0. The topological polar surface area (TPSA) is 0 Å². The minimum atomic E-state index is 0.223. The minimum Gasteiger partial charge on any atom is -0.121 e. The number of benzene rings is 1. The molecule has 1 aromatic carbocycles. The van der Waals surface area contributed by atoms with Crippen LogP contribution >= 0.6 is 23.4 Å².